The molecule has 0 radical (unpaired) electrons. The predicted octanol–water partition coefficient (Wildman–Crippen LogP) is 1.45. The van der Waals surface area contributed by atoms with Crippen LogP contribution in [0.3, 0.4) is 0 Å². The minimum atomic E-state index is 0.230. The summed E-state index contributed by atoms with van der Waals surface area (Å²) < 4.78 is 9.23. The van der Waals surface area contributed by atoms with Crippen molar-refractivity contribution < 1.29 is 4.74 Å². The van der Waals surface area contributed by atoms with Crippen LogP contribution in [0.25, 0.3) is 28.3 Å². The molecule has 5 heterocycles. The Morgan fingerprint density at radius 3 is 2.93 bits per heavy atom. The molecule has 1 unspecified atom stereocenters. The van der Waals surface area contributed by atoms with E-state index in [0.717, 1.165) is 40.5 Å². The largest absolute Gasteiger partial charge is 0.377 e. The van der Waals surface area contributed by atoms with Crippen molar-refractivity contribution >= 4 is 11.3 Å². The summed E-state index contributed by atoms with van der Waals surface area (Å²) in [6.07, 6.45) is 3.52. The van der Waals surface area contributed by atoms with E-state index in [1.165, 1.54) is 0 Å². The van der Waals surface area contributed by atoms with E-state index in [-0.39, 0.29) is 6.04 Å². The van der Waals surface area contributed by atoms with Gasteiger partial charge in [-0.15, -0.1) is 10.2 Å². The molecule has 0 bridgehead atoms. The zero-order valence-corrected chi connectivity index (χ0v) is 16.0. The van der Waals surface area contributed by atoms with Crippen LogP contribution in [0.15, 0.2) is 24.5 Å². The molecule has 1 aliphatic heterocycles. The SMILES string of the molecule is Cc1c(-c2cc(N3CCOCC3C)nn3c(-c4ccn[nH]4)ncc23)nnn1C. The Kier molecular flexibility index (Phi) is 3.86. The minimum absolute atomic E-state index is 0.230. The van der Waals surface area contributed by atoms with E-state index in [1.807, 2.05) is 30.8 Å². The van der Waals surface area contributed by atoms with Crippen LogP contribution in [0.2, 0.25) is 0 Å². The van der Waals surface area contributed by atoms with Gasteiger partial charge in [0.25, 0.3) is 0 Å². The number of aryl methyl sites for hydroxylation is 1. The standard InChI is InChI=1S/C18H21N9O/c1-11-10-28-7-6-26(11)16-8-13(17-12(2)25(3)24-22-17)15-9-19-18(27(15)23-16)14-4-5-20-21-14/h4-5,8-9,11H,6-7,10H2,1-3H3,(H,20,21). The van der Waals surface area contributed by atoms with Crippen LogP contribution >= 0.6 is 0 Å². The number of hydrogen-bond donors (Lipinski definition) is 1. The van der Waals surface area contributed by atoms with Gasteiger partial charge in [-0.05, 0) is 26.0 Å². The van der Waals surface area contributed by atoms with Gasteiger partial charge in [-0.1, -0.05) is 5.21 Å². The molecule has 0 aromatic carbocycles. The monoisotopic (exact) mass is 379 g/mol. The highest BCUT2D eigenvalue weighted by Crippen LogP contribution is 2.31. The Balaban J connectivity index is 1.76. The lowest BCUT2D eigenvalue weighted by Crippen LogP contribution is -2.44. The van der Waals surface area contributed by atoms with Gasteiger partial charge in [-0.3, -0.25) is 9.78 Å². The Hall–Kier alpha value is -3.27. The highest BCUT2D eigenvalue weighted by molar-refractivity contribution is 5.82. The van der Waals surface area contributed by atoms with Gasteiger partial charge in [0.05, 0.1) is 36.7 Å². The van der Waals surface area contributed by atoms with Gasteiger partial charge in [-0.25, -0.2) is 9.50 Å². The Morgan fingerprint density at radius 2 is 2.21 bits per heavy atom. The molecule has 0 saturated carbocycles. The normalized spacial score (nSPS) is 17.5. The van der Waals surface area contributed by atoms with Crippen LogP contribution in [0.5, 0.6) is 0 Å². The van der Waals surface area contributed by atoms with E-state index in [1.54, 1.807) is 10.9 Å². The van der Waals surface area contributed by atoms with Crippen molar-refractivity contribution in [1.82, 2.24) is 39.8 Å². The summed E-state index contributed by atoms with van der Waals surface area (Å²) in [5.74, 6) is 1.57. The fraction of sp³-hybridized carbons (Fsp3) is 0.389. The summed E-state index contributed by atoms with van der Waals surface area (Å²) in [5.41, 5.74) is 4.44. The summed E-state index contributed by atoms with van der Waals surface area (Å²) in [6.45, 7) is 6.29. The fourth-order valence-corrected chi connectivity index (χ4v) is 3.58. The number of nitrogens with zero attached hydrogens (tertiary/aromatic N) is 8. The first-order chi connectivity index (χ1) is 13.6. The first kappa shape index (κ1) is 16.9. The Bertz CT molecular complexity index is 1130. The topological polar surface area (TPSA) is 102 Å². The molecule has 1 saturated heterocycles. The van der Waals surface area contributed by atoms with E-state index in [2.05, 4.69) is 43.4 Å². The molecule has 0 spiro atoms. The third-order valence-corrected chi connectivity index (χ3v) is 5.26. The molecule has 10 heteroatoms. The van der Waals surface area contributed by atoms with E-state index < -0.39 is 0 Å². The molecule has 1 fully saturated rings. The number of aromatic amines is 1. The lowest BCUT2D eigenvalue weighted by molar-refractivity contribution is 0.0984. The third kappa shape index (κ3) is 2.56. The van der Waals surface area contributed by atoms with Gasteiger partial charge in [0, 0.05) is 25.4 Å². The third-order valence-electron chi connectivity index (χ3n) is 5.26. The zero-order valence-electron chi connectivity index (χ0n) is 16.0. The number of hydrogen-bond acceptors (Lipinski definition) is 7. The van der Waals surface area contributed by atoms with Crippen LogP contribution in [0, 0.1) is 6.92 Å². The first-order valence-electron chi connectivity index (χ1n) is 9.23. The number of aromatic nitrogens is 8. The fourth-order valence-electron chi connectivity index (χ4n) is 3.58. The smallest absolute Gasteiger partial charge is 0.179 e. The molecule has 144 valence electrons. The molecule has 28 heavy (non-hydrogen) atoms. The summed E-state index contributed by atoms with van der Waals surface area (Å²) in [4.78, 5) is 6.86. The van der Waals surface area contributed by atoms with Gasteiger partial charge in [0.15, 0.2) is 11.6 Å². The highest BCUT2D eigenvalue weighted by Gasteiger charge is 2.24. The summed E-state index contributed by atoms with van der Waals surface area (Å²) in [6, 6.07) is 4.19. The van der Waals surface area contributed by atoms with Crippen molar-refractivity contribution in [2.45, 2.75) is 19.9 Å². The van der Waals surface area contributed by atoms with Crippen molar-refractivity contribution in [2.75, 3.05) is 24.7 Å². The van der Waals surface area contributed by atoms with Crippen LogP contribution in [0.4, 0.5) is 5.82 Å². The number of ether oxygens (including phenoxy) is 1. The van der Waals surface area contributed by atoms with E-state index in [9.17, 15) is 0 Å². The van der Waals surface area contributed by atoms with Gasteiger partial charge < -0.3 is 9.64 Å². The number of anilines is 1. The molecule has 0 amide bonds. The number of rotatable bonds is 3. The number of morpholine rings is 1. The second-order valence-electron chi connectivity index (χ2n) is 7.03. The average molecular weight is 379 g/mol. The van der Waals surface area contributed by atoms with Crippen molar-refractivity contribution in [1.29, 1.82) is 0 Å². The molecular weight excluding hydrogens is 358 g/mol. The summed E-state index contributed by atoms with van der Waals surface area (Å²) in [7, 11) is 1.89. The molecule has 10 nitrogen and oxygen atoms in total. The van der Waals surface area contributed by atoms with Crippen LogP contribution < -0.4 is 4.90 Å². The first-order valence-corrected chi connectivity index (χ1v) is 9.23. The van der Waals surface area contributed by atoms with Gasteiger partial charge in [0.2, 0.25) is 0 Å². The lowest BCUT2D eigenvalue weighted by atomic mass is 10.1. The molecule has 4 aromatic heterocycles. The maximum absolute atomic E-state index is 5.60. The van der Waals surface area contributed by atoms with Crippen molar-refractivity contribution in [3.8, 4) is 22.8 Å². The summed E-state index contributed by atoms with van der Waals surface area (Å²) in [5, 5.41) is 20.5. The lowest BCUT2D eigenvalue weighted by Gasteiger charge is -2.34. The number of fused-ring (bicyclic) bond motifs is 1. The molecule has 4 aromatic rings. The van der Waals surface area contributed by atoms with Crippen molar-refractivity contribution in [3.63, 3.8) is 0 Å². The molecule has 1 aliphatic rings. The predicted molar refractivity (Wildman–Crippen MR) is 103 cm³/mol. The molecular formula is C18H21N9O. The second-order valence-corrected chi connectivity index (χ2v) is 7.03. The Morgan fingerprint density at radius 1 is 1.32 bits per heavy atom. The molecule has 1 N–H and O–H groups in total. The summed E-state index contributed by atoms with van der Waals surface area (Å²) >= 11 is 0. The minimum Gasteiger partial charge on any atom is -0.377 e. The average Bonchev–Trinajstić information content (AvgIpc) is 3.43. The van der Waals surface area contributed by atoms with E-state index in [4.69, 9.17) is 9.84 Å². The maximum atomic E-state index is 5.60. The molecule has 5 rings (SSSR count). The maximum Gasteiger partial charge on any atom is 0.179 e. The second kappa shape index (κ2) is 6.41. The number of nitrogens with one attached hydrogen (secondary N) is 1. The van der Waals surface area contributed by atoms with Gasteiger partial charge >= 0.3 is 0 Å². The van der Waals surface area contributed by atoms with Crippen molar-refractivity contribution in [3.05, 3.63) is 30.2 Å². The van der Waals surface area contributed by atoms with Crippen LogP contribution in [0.1, 0.15) is 12.6 Å². The van der Waals surface area contributed by atoms with E-state index >= 15 is 0 Å². The number of H-pyrrole nitrogens is 1. The molecule has 1 atom stereocenters. The van der Waals surface area contributed by atoms with Gasteiger partial charge in [0.1, 0.15) is 11.4 Å². The quantitative estimate of drug-likeness (QED) is 0.575. The van der Waals surface area contributed by atoms with E-state index in [0.29, 0.717) is 19.0 Å². The zero-order chi connectivity index (χ0) is 19.3. The van der Waals surface area contributed by atoms with Crippen molar-refractivity contribution in [2.24, 2.45) is 7.05 Å². The molecule has 0 aliphatic carbocycles. The number of imidazole rings is 1. The Labute approximate surface area is 161 Å². The van der Waals surface area contributed by atoms with Crippen LogP contribution in [-0.4, -0.2) is 65.6 Å². The van der Waals surface area contributed by atoms with Gasteiger partial charge in [-0.2, -0.15) is 5.10 Å². The van der Waals surface area contributed by atoms with Crippen LogP contribution in [-0.2, 0) is 11.8 Å². The highest BCUT2D eigenvalue weighted by atomic mass is 16.5.